The number of ether oxygens (including phenoxy) is 1. The fourth-order valence-corrected chi connectivity index (χ4v) is 3.24. The lowest BCUT2D eigenvalue weighted by Gasteiger charge is -2.09. The van der Waals surface area contributed by atoms with E-state index in [1.54, 1.807) is 6.07 Å². The second kappa shape index (κ2) is 7.89. The average Bonchev–Trinajstić information content (AvgIpc) is 3.04. The van der Waals surface area contributed by atoms with Crippen LogP contribution in [0.25, 0.3) is 11.1 Å². The van der Waals surface area contributed by atoms with Crippen molar-refractivity contribution in [1.29, 1.82) is 0 Å². The number of methoxy groups -OCH3 is 1. The molecule has 0 N–H and O–H groups in total. The van der Waals surface area contributed by atoms with Gasteiger partial charge in [-0.05, 0) is 30.3 Å². The van der Waals surface area contributed by atoms with Crippen LogP contribution in [-0.4, -0.2) is 22.6 Å². The number of carbonyl (C=O) groups is 1. The van der Waals surface area contributed by atoms with E-state index in [1.807, 2.05) is 0 Å². The third-order valence-corrected chi connectivity index (χ3v) is 4.61. The molecule has 6 nitrogen and oxygen atoms in total. The minimum absolute atomic E-state index is 0.0248. The number of nitrogens with zero attached hydrogens (tertiary/aromatic N) is 2. The van der Waals surface area contributed by atoms with Crippen molar-refractivity contribution in [1.82, 2.24) is 4.57 Å². The molecule has 0 fully saturated rings. The van der Waals surface area contributed by atoms with E-state index in [0.717, 1.165) is 12.1 Å². The third-order valence-electron chi connectivity index (χ3n) is 4.11. The summed E-state index contributed by atoms with van der Waals surface area (Å²) in [6, 6.07) is 8.95. The minimum atomic E-state index is -0.790. The van der Waals surface area contributed by atoms with Crippen LogP contribution in [-0.2, 0) is 11.3 Å². The highest BCUT2D eigenvalue weighted by atomic mass is 79.9. The highest BCUT2D eigenvalue weighted by Gasteiger charge is 2.20. The number of halogens is 3. The molecule has 0 saturated heterocycles. The Bertz CT molecular complexity index is 1080. The monoisotopic (exact) mass is 450 g/mol. The standard InChI is InChI=1S/C19H13BrF2N2O4/c1-28-19(25)18-7-11(15-4-3-14(21)8-16(15)22)9-23(18)10-12-6-13(20)2-5-17(12)24(26)27/h2-9H,10H2,1H3. The van der Waals surface area contributed by atoms with Gasteiger partial charge in [-0.15, -0.1) is 0 Å². The van der Waals surface area contributed by atoms with Gasteiger partial charge in [-0.3, -0.25) is 10.1 Å². The number of esters is 1. The molecule has 2 aromatic carbocycles. The summed E-state index contributed by atoms with van der Waals surface area (Å²) < 4.78 is 34.2. The number of nitro groups is 1. The normalized spacial score (nSPS) is 10.7. The van der Waals surface area contributed by atoms with Crippen molar-refractivity contribution in [3.05, 3.63) is 86.1 Å². The van der Waals surface area contributed by atoms with Crippen molar-refractivity contribution in [2.75, 3.05) is 7.11 Å². The van der Waals surface area contributed by atoms with E-state index in [-0.39, 0.29) is 23.5 Å². The van der Waals surface area contributed by atoms with Crippen LogP contribution in [0.4, 0.5) is 14.5 Å². The predicted octanol–water partition coefficient (Wildman–Crippen LogP) is 4.94. The van der Waals surface area contributed by atoms with Crippen LogP contribution < -0.4 is 0 Å². The Morgan fingerprint density at radius 3 is 2.61 bits per heavy atom. The van der Waals surface area contributed by atoms with Crippen molar-refractivity contribution in [2.45, 2.75) is 6.54 Å². The Hall–Kier alpha value is -3.07. The molecule has 0 bridgehead atoms. The van der Waals surface area contributed by atoms with Crippen molar-refractivity contribution in [2.24, 2.45) is 0 Å². The molecule has 9 heteroatoms. The maximum Gasteiger partial charge on any atom is 0.354 e. The van der Waals surface area contributed by atoms with E-state index in [2.05, 4.69) is 15.9 Å². The molecule has 3 aromatic rings. The smallest absolute Gasteiger partial charge is 0.354 e. The van der Waals surface area contributed by atoms with Gasteiger partial charge in [0, 0.05) is 33.9 Å². The molecule has 0 aliphatic heterocycles. The van der Waals surface area contributed by atoms with E-state index < -0.39 is 22.5 Å². The molecule has 0 amide bonds. The maximum absolute atomic E-state index is 14.1. The van der Waals surface area contributed by atoms with Crippen LogP contribution in [0.2, 0.25) is 0 Å². The van der Waals surface area contributed by atoms with Gasteiger partial charge in [-0.1, -0.05) is 15.9 Å². The number of benzene rings is 2. The molecule has 28 heavy (non-hydrogen) atoms. The zero-order valence-electron chi connectivity index (χ0n) is 14.5. The van der Waals surface area contributed by atoms with Gasteiger partial charge >= 0.3 is 5.97 Å². The minimum Gasteiger partial charge on any atom is -0.464 e. The molecule has 0 aliphatic carbocycles. The number of nitro benzene ring substituents is 1. The summed E-state index contributed by atoms with van der Waals surface area (Å²) in [5, 5.41) is 11.3. The Balaban J connectivity index is 2.11. The number of carbonyl (C=O) groups excluding carboxylic acids is 1. The molecular weight excluding hydrogens is 438 g/mol. The van der Waals surface area contributed by atoms with E-state index in [1.165, 1.54) is 42.1 Å². The van der Waals surface area contributed by atoms with Crippen LogP contribution >= 0.6 is 15.9 Å². The summed E-state index contributed by atoms with van der Waals surface area (Å²) in [6.45, 7) is -0.0248. The van der Waals surface area contributed by atoms with Crippen LogP contribution in [0, 0.1) is 21.7 Å². The van der Waals surface area contributed by atoms with Gasteiger partial charge in [0.1, 0.15) is 17.3 Å². The van der Waals surface area contributed by atoms with Crippen molar-refractivity contribution in [3.63, 3.8) is 0 Å². The maximum atomic E-state index is 14.1. The first-order valence-electron chi connectivity index (χ1n) is 7.97. The van der Waals surface area contributed by atoms with Gasteiger partial charge < -0.3 is 9.30 Å². The Kier molecular flexibility index (Phi) is 5.55. The first kappa shape index (κ1) is 19.7. The molecule has 1 aromatic heterocycles. The van der Waals surface area contributed by atoms with Crippen LogP contribution in [0.1, 0.15) is 16.1 Å². The van der Waals surface area contributed by atoms with E-state index in [9.17, 15) is 23.7 Å². The number of rotatable bonds is 5. The molecule has 144 valence electrons. The second-order valence-electron chi connectivity index (χ2n) is 5.89. The van der Waals surface area contributed by atoms with Crippen LogP contribution in [0.5, 0.6) is 0 Å². The Morgan fingerprint density at radius 1 is 1.21 bits per heavy atom. The van der Waals surface area contributed by atoms with Crippen LogP contribution in [0.3, 0.4) is 0 Å². The first-order chi connectivity index (χ1) is 13.3. The number of hydrogen-bond donors (Lipinski definition) is 0. The van der Waals surface area contributed by atoms with E-state index in [4.69, 9.17) is 4.74 Å². The van der Waals surface area contributed by atoms with Gasteiger partial charge in [-0.2, -0.15) is 0 Å². The van der Waals surface area contributed by atoms with E-state index in [0.29, 0.717) is 15.6 Å². The zero-order chi connectivity index (χ0) is 20.4. The molecule has 0 unspecified atom stereocenters. The summed E-state index contributed by atoms with van der Waals surface area (Å²) in [6.07, 6.45) is 1.47. The Morgan fingerprint density at radius 2 is 1.96 bits per heavy atom. The van der Waals surface area contributed by atoms with E-state index >= 15 is 0 Å². The van der Waals surface area contributed by atoms with Crippen LogP contribution in [0.15, 0.2) is 53.1 Å². The molecule has 0 aliphatic rings. The number of hydrogen-bond acceptors (Lipinski definition) is 4. The van der Waals surface area contributed by atoms with Crippen molar-refractivity contribution < 1.29 is 23.2 Å². The molecule has 0 spiro atoms. The highest BCUT2D eigenvalue weighted by Crippen LogP contribution is 2.29. The molecule has 3 rings (SSSR count). The van der Waals surface area contributed by atoms with Crippen molar-refractivity contribution >= 4 is 27.6 Å². The summed E-state index contributed by atoms with van der Waals surface area (Å²) in [7, 11) is 1.19. The van der Waals surface area contributed by atoms with Gasteiger partial charge in [0.05, 0.1) is 24.1 Å². The summed E-state index contributed by atoms with van der Waals surface area (Å²) in [5.74, 6) is -2.20. The summed E-state index contributed by atoms with van der Waals surface area (Å²) in [4.78, 5) is 22.9. The van der Waals surface area contributed by atoms with Crippen molar-refractivity contribution in [3.8, 4) is 11.1 Å². The lowest BCUT2D eigenvalue weighted by molar-refractivity contribution is -0.385. The fraction of sp³-hybridized carbons (Fsp3) is 0.105. The predicted molar refractivity (Wildman–Crippen MR) is 101 cm³/mol. The molecule has 1 heterocycles. The van der Waals surface area contributed by atoms with Gasteiger partial charge in [0.15, 0.2) is 0 Å². The van der Waals surface area contributed by atoms with Gasteiger partial charge in [0.2, 0.25) is 0 Å². The highest BCUT2D eigenvalue weighted by molar-refractivity contribution is 9.10. The topological polar surface area (TPSA) is 74.4 Å². The summed E-state index contributed by atoms with van der Waals surface area (Å²) in [5.41, 5.74) is 0.702. The fourth-order valence-electron chi connectivity index (χ4n) is 2.83. The Labute approximate surface area is 166 Å². The quantitative estimate of drug-likeness (QED) is 0.313. The second-order valence-corrected chi connectivity index (χ2v) is 6.80. The molecule has 0 saturated carbocycles. The third kappa shape index (κ3) is 3.94. The van der Waals surface area contributed by atoms with Gasteiger partial charge in [0.25, 0.3) is 5.69 Å². The van der Waals surface area contributed by atoms with Gasteiger partial charge in [-0.25, -0.2) is 13.6 Å². The molecule has 0 radical (unpaired) electrons. The first-order valence-corrected chi connectivity index (χ1v) is 8.76. The number of aromatic nitrogens is 1. The molecular formula is C19H13BrF2N2O4. The average molecular weight is 451 g/mol. The summed E-state index contributed by atoms with van der Waals surface area (Å²) >= 11 is 3.27. The largest absolute Gasteiger partial charge is 0.464 e. The lowest BCUT2D eigenvalue weighted by atomic mass is 10.1. The molecule has 0 atom stereocenters. The SMILES string of the molecule is COC(=O)c1cc(-c2ccc(F)cc2F)cn1Cc1cc(Br)ccc1[N+](=O)[O-]. The zero-order valence-corrected chi connectivity index (χ0v) is 16.1. The lowest BCUT2D eigenvalue weighted by Crippen LogP contribution is -2.11.